The van der Waals surface area contributed by atoms with Gasteiger partial charge in [0.15, 0.2) is 5.60 Å². The Morgan fingerprint density at radius 2 is 1.50 bits per heavy atom. The molecule has 0 N–H and O–H groups in total. The molecule has 22 heavy (non-hydrogen) atoms. The number of esters is 1. The summed E-state index contributed by atoms with van der Waals surface area (Å²) in [6, 6.07) is 15.0. The first-order valence-corrected chi connectivity index (χ1v) is 7.42. The maximum Gasteiger partial charge on any atom is 0.307 e. The van der Waals surface area contributed by atoms with Crippen LogP contribution in [0.4, 0.5) is 0 Å². The van der Waals surface area contributed by atoms with E-state index < -0.39 is 5.60 Å². The van der Waals surface area contributed by atoms with Gasteiger partial charge in [0, 0.05) is 17.5 Å². The van der Waals surface area contributed by atoms with Crippen LogP contribution in [-0.2, 0) is 15.1 Å². The lowest BCUT2D eigenvalue weighted by molar-refractivity contribution is -0.146. The van der Waals surface area contributed by atoms with Gasteiger partial charge in [-0.2, -0.15) is 0 Å². The van der Waals surface area contributed by atoms with Gasteiger partial charge in [0.1, 0.15) is 0 Å². The van der Waals surface area contributed by atoms with E-state index in [1.54, 1.807) is 12.1 Å². The van der Waals surface area contributed by atoms with Gasteiger partial charge in [-0.15, -0.1) is 0 Å². The van der Waals surface area contributed by atoms with Gasteiger partial charge >= 0.3 is 5.97 Å². The number of ketones is 1. The van der Waals surface area contributed by atoms with Crippen LogP contribution < -0.4 is 0 Å². The van der Waals surface area contributed by atoms with E-state index in [1.807, 2.05) is 50.2 Å². The van der Waals surface area contributed by atoms with Gasteiger partial charge in [0.25, 0.3) is 0 Å². The zero-order valence-electron chi connectivity index (χ0n) is 12.8. The van der Waals surface area contributed by atoms with E-state index in [9.17, 15) is 9.59 Å². The average Bonchev–Trinajstić information content (AvgIpc) is 2.91. The third-order valence-electron chi connectivity index (χ3n) is 4.17. The number of hydrogen-bond donors (Lipinski definition) is 0. The highest BCUT2D eigenvalue weighted by Gasteiger charge is 2.48. The summed E-state index contributed by atoms with van der Waals surface area (Å²) in [5.74, 6) is -0.469. The highest BCUT2D eigenvalue weighted by Crippen LogP contribution is 2.40. The lowest BCUT2D eigenvalue weighted by Gasteiger charge is -2.27. The summed E-state index contributed by atoms with van der Waals surface area (Å²) in [7, 11) is 0. The fourth-order valence-corrected chi connectivity index (χ4v) is 2.83. The molecule has 0 aromatic heterocycles. The third kappa shape index (κ3) is 2.43. The van der Waals surface area contributed by atoms with Crippen LogP contribution in [0.3, 0.4) is 0 Å². The molecule has 2 aromatic carbocycles. The molecule has 0 amide bonds. The molecule has 1 heterocycles. The molecule has 1 aliphatic rings. The number of carbonyl (C=O) groups excluding carboxylic acids is 2. The first-order chi connectivity index (χ1) is 10.5. The Hall–Kier alpha value is -2.42. The Morgan fingerprint density at radius 3 is 2.00 bits per heavy atom. The van der Waals surface area contributed by atoms with Crippen molar-refractivity contribution in [3.8, 4) is 0 Å². The summed E-state index contributed by atoms with van der Waals surface area (Å²) in [5, 5.41) is 0. The van der Waals surface area contributed by atoms with Crippen LogP contribution in [0, 0.1) is 13.8 Å². The maximum atomic E-state index is 13.0. The molecule has 0 aliphatic carbocycles. The van der Waals surface area contributed by atoms with E-state index in [0.29, 0.717) is 12.0 Å². The van der Waals surface area contributed by atoms with Crippen molar-refractivity contribution in [2.24, 2.45) is 0 Å². The number of hydrogen-bond acceptors (Lipinski definition) is 3. The number of aryl methyl sites for hydroxylation is 2. The molecule has 1 saturated heterocycles. The Morgan fingerprint density at radius 1 is 0.955 bits per heavy atom. The summed E-state index contributed by atoms with van der Waals surface area (Å²) in [4.78, 5) is 24.7. The first-order valence-electron chi connectivity index (χ1n) is 7.42. The molecule has 1 atom stereocenters. The largest absolute Gasteiger partial charge is 0.446 e. The van der Waals surface area contributed by atoms with Gasteiger partial charge in [-0.1, -0.05) is 59.7 Å². The number of benzene rings is 2. The average molecular weight is 294 g/mol. The van der Waals surface area contributed by atoms with Gasteiger partial charge in [-0.25, -0.2) is 0 Å². The first kappa shape index (κ1) is 14.5. The fraction of sp³-hybridized carbons (Fsp3) is 0.263. The van der Waals surface area contributed by atoms with Crippen molar-refractivity contribution in [2.75, 3.05) is 0 Å². The van der Waals surface area contributed by atoms with Crippen molar-refractivity contribution >= 4 is 11.8 Å². The van der Waals surface area contributed by atoms with Crippen molar-refractivity contribution in [1.29, 1.82) is 0 Å². The second-order valence-electron chi connectivity index (χ2n) is 5.86. The molecule has 2 aromatic rings. The Bertz CT molecular complexity index is 713. The molecule has 0 bridgehead atoms. The predicted octanol–water partition coefficient (Wildman–Crippen LogP) is 3.72. The topological polar surface area (TPSA) is 43.4 Å². The van der Waals surface area contributed by atoms with Gasteiger partial charge in [0.05, 0.1) is 6.42 Å². The Balaban J connectivity index is 2.06. The molecule has 1 unspecified atom stereocenters. The minimum Gasteiger partial charge on any atom is -0.446 e. The zero-order valence-corrected chi connectivity index (χ0v) is 12.8. The lowest BCUT2D eigenvalue weighted by atomic mass is 9.83. The van der Waals surface area contributed by atoms with Crippen LogP contribution in [0.25, 0.3) is 0 Å². The second kappa shape index (κ2) is 5.41. The molecule has 112 valence electrons. The van der Waals surface area contributed by atoms with Crippen LogP contribution in [0.15, 0.2) is 48.5 Å². The van der Waals surface area contributed by atoms with Crippen LogP contribution in [0.2, 0.25) is 0 Å². The molecule has 3 rings (SSSR count). The highest BCUT2D eigenvalue weighted by atomic mass is 16.6. The molecule has 3 heteroatoms. The number of cyclic esters (lactones) is 1. The summed E-state index contributed by atoms with van der Waals surface area (Å²) >= 11 is 0. The van der Waals surface area contributed by atoms with E-state index in [0.717, 1.165) is 16.7 Å². The summed E-state index contributed by atoms with van der Waals surface area (Å²) < 4.78 is 5.53. The minimum absolute atomic E-state index is 0.151. The van der Waals surface area contributed by atoms with Crippen LogP contribution in [-0.4, -0.2) is 11.8 Å². The number of carbonyl (C=O) groups is 2. The van der Waals surface area contributed by atoms with Crippen molar-refractivity contribution in [3.05, 3.63) is 70.8 Å². The van der Waals surface area contributed by atoms with Crippen LogP contribution >= 0.6 is 0 Å². The van der Waals surface area contributed by atoms with Crippen LogP contribution in [0.1, 0.15) is 39.9 Å². The third-order valence-corrected chi connectivity index (χ3v) is 4.17. The van der Waals surface area contributed by atoms with Crippen molar-refractivity contribution in [3.63, 3.8) is 0 Å². The van der Waals surface area contributed by atoms with Crippen molar-refractivity contribution in [2.45, 2.75) is 32.3 Å². The van der Waals surface area contributed by atoms with E-state index in [-0.39, 0.29) is 18.2 Å². The number of ether oxygens (including phenoxy) is 1. The maximum absolute atomic E-state index is 13.0. The number of Topliss-reactive ketones (excluding diaryl/α,β-unsaturated/α-hetero) is 1. The number of rotatable bonds is 3. The zero-order chi connectivity index (χ0) is 15.7. The van der Waals surface area contributed by atoms with E-state index in [2.05, 4.69) is 0 Å². The lowest BCUT2D eigenvalue weighted by Crippen LogP contribution is -2.35. The summed E-state index contributed by atoms with van der Waals surface area (Å²) in [6.07, 6.45) is 0.660. The highest BCUT2D eigenvalue weighted by molar-refractivity contribution is 6.05. The summed E-state index contributed by atoms with van der Waals surface area (Å²) in [5.41, 5.74) is 2.32. The van der Waals surface area contributed by atoms with Crippen LogP contribution in [0.5, 0.6) is 0 Å². The Kier molecular flexibility index (Phi) is 3.57. The van der Waals surface area contributed by atoms with E-state index >= 15 is 0 Å². The smallest absolute Gasteiger partial charge is 0.307 e. The van der Waals surface area contributed by atoms with E-state index in [1.165, 1.54) is 0 Å². The van der Waals surface area contributed by atoms with Gasteiger partial charge in [0.2, 0.25) is 5.78 Å². The second-order valence-corrected chi connectivity index (χ2v) is 5.86. The van der Waals surface area contributed by atoms with Gasteiger partial charge in [-0.3, -0.25) is 9.59 Å². The fourth-order valence-electron chi connectivity index (χ4n) is 2.83. The molecular weight excluding hydrogens is 276 g/mol. The molecule has 1 aliphatic heterocycles. The van der Waals surface area contributed by atoms with Gasteiger partial charge in [-0.05, 0) is 13.8 Å². The molecule has 3 nitrogen and oxygen atoms in total. The normalized spacial score (nSPS) is 20.7. The standard InChI is InChI=1S/C19H18O3/c1-13-3-7-15(8-4-13)18(21)19(12-11-17(20)22-19)16-9-5-14(2)6-10-16/h3-10H,11-12H2,1-2H3. The van der Waals surface area contributed by atoms with E-state index in [4.69, 9.17) is 4.74 Å². The monoisotopic (exact) mass is 294 g/mol. The molecular formula is C19H18O3. The van der Waals surface area contributed by atoms with Crippen molar-refractivity contribution < 1.29 is 14.3 Å². The molecule has 0 spiro atoms. The Labute approximate surface area is 129 Å². The molecule has 0 radical (unpaired) electrons. The summed E-state index contributed by atoms with van der Waals surface area (Å²) in [6.45, 7) is 3.96. The molecule has 0 saturated carbocycles. The minimum atomic E-state index is -1.18. The predicted molar refractivity (Wildman–Crippen MR) is 83.7 cm³/mol. The van der Waals surface area contributed by atoms with Crippen molar-refractivity contribution in [1.82, 2.24) is 0 Å². The molecule has 1 fully saturated rings. The van der Waals surface area contributed by atoms with Gasteiger partial charge < -0.3 is 4.74 Å². The quantitative estimate of drug-likeness (QED) is 0.640. The SMILES string of the molecule is Cc1ccc(C(=O)C2(c3ccc(C)cc3)CCC(=O)O2)cc1.